The number of hydrazine groups is 1. The highest BCUT2D eigenvalue weighted by Gasteiger charge is 2.26. The fraction of sp³-hybridized carbons (Fsp3) is 0.471. The van der Waals surface area contributed by atoms with Gasteiger partial charge in [-0.1, -0.05) is 0 Å². The molecule has 0 radical (unpaired) electrons. The van der Waals surface area contributed by atoms with Crippen molar-refractivity contribution in [1.29, 1.82) is 0 Å². The summed E-state index contributed by atoms with van der Waals surface area (Å²) in [6.45, 7) is 0. The summed E-state index contributed by atoms with van der Waals surface area (Å²) in [6.07, 6.45) is 2.23. The summed E-state index contributed by atoms with van der Waals surface area (Å²) in [6, 6.07) is 3.57. The number of hydrogen-bond acceptors (Lipinski definition) is 6. The smallest absolute Gasteiger partial charge is 0.327 e. The Morgan fingerprint density at radius 2 is 1.58 bits per heavy atom. The zero-order valence-electron chi connectivity index (χ0n) is 15.0. The predicted octanol–water partition coefficient (Wildman–Crippen LogP) is 0.0710. The van der Waals surface area contributed by atoms with Gasteiger partial charge >= 0.3 is 11.8 Å². The Morgan fingerprint density at radius 3 is 2.08 bits per heavy atom. The quantitative estimate of drug-likeness (QED) is 0.465. The second-order valence-electron chi connectivity index (χ2n) is 5.78. The number of aryl methyl sites for hydroxylation is 1. The van der Waals surface area contributed by atoms with Crippen molar-refractivity contribution in [2.45, 2.75) is 31.7 Å². The highest BCUT2D eigenvalue weighted by atomic mass is 16.5. The molecule has 26 heavy (non-hydrogen) atoms. The molecule has 1 aromatic carbocycles. The normalized spacial score (nSPS) is 12.7. The number of methoxy groups -OCH3 is 3. The molecule has 0 heterocycles. The molecule has 9 heteroatoms. The van der Waals surface area contributed by atoms with Crippen LogP contribution in [0.25, 0.3) is 0 Å². The van der Waals surface area contributed by atoms with Gasteiger partial charge in [-0.25, -0.2) is 0 Å². The van der Waals surface area contributed by atoms with Crippen molar-refractivity contribution in [3.8, 4) is 17.2 Å². The molecule has 1 aliphatic carbocycles. The lowest BCUT2D eigenvalue weighted by Crippen LogP contribution is -2.49. The summed E-state index contributed by atoms with van der Waals surface area (Å²) in [7, 11) is 4.53. The van der Waals surface area contributed by atoms with Gasteiger partial charge in [0.25, 0.3) is 0 Å². The molecule has 0 saturated heterocycles. The Balaban J connectivity index is 1.84. The molecule has 9 nitrogen and oxygen atoms in total. The number of amides is 3. The zero-order chi connectivity index (χ0) is 19.1. The van der Waals surface area contributed by atoms with Crippen LogP contribution in [-0.4, -0.2) is 45.1 Å². The van der Waals surface area contributed by atoms with Crippen LogP contribution in [0, 0.1) is 0 Å². The summed E-state index contributed by atoms with van der Waals surface area (Å²) in [5.41, 5.74) is 5.11. The van der Waals surface area contributed by atoms with Gasteiger partial charge in [0.1, 0.15) is 0 Å². The minimum Gasteiger partial charge on any atom is -0.493 e. The van der Waals surface area contributed by atoms with Crippen molar-refractivity contribution >= 4 is 17.7 Å². The van der Waals surface area contributed by atoms with E-state index in [9.17, 15) is 14.4 Å². The van der Waals surface area contributed by atoms with Crippen LogP contribution >= 0.6 is 0 Å². The Bertz CT molecular complexity index is 662. The van der Waals surface area contributed by atoms with E-state index in [0.29, 0.717) is 23.7 Å². The SMILES string of the molecule is COc1cc(CCC(=O)NNC(=O)C(=O)NC2CC2)cc(OC)c1OC. The van der Waals surface area contributed by atoms with Crippen molar-refractivity contribution in [3.05, 3.63) is 17.7 Å². The maximum Gasteiger partial charge on any atom is 0.327 e. The van der Waals surface area contributed by atoms with E-state index in [-0.39, 0.29) is 12.5 Å². The molecule has 3 amide bonds. The monoisotopic (exact) mass is 365 g/mol. The maximum absolute atomic E-state index is 11.9. The fourth-order valence-corrected chi connectivity index (χ4v) is 2.26. The van der Waals surface area contributed by atoms with E-state index in [0.717, 1.165) is 18.4 Å². The fourth-order valence-electron chi connectivity index (χ4n) is 2.26. The average molecular weight is 365 g/mol. The van der Waals surface area contributed by atoms with Crippen molar-refractivity contribution in [1.82, 2.24) is 16.2 Å². The molecule has 3 N–H and O–H groups in total. The lowest BCUT2D eigenvalue weighted by molar-refractivity contribution is -0.141. The Labute approximate surface area is 151 Å². The summed E-state index contributed by atoms with van der Waals surface area (Å²) in [4.78, 5) is 34.9. The van der Waals surface area contributed by atoms with Crippen LogP contribution in [-0.2, 0) is 20.8 Å². The molecule has 2 rings (SSSR count). The van der Waals surface area contributed by atoms with Gasteiger partial charge in [-0.3, -0.25) is 25.2 Å². The van der Waals surface area contributed by atoms with E-state index in [1.165, 1.54) is 21.3 Å². The van der Waals surface area contributed by atoms with Crippen LogP contribution in [0.2, 0.25) is 0 Å². The van der Waals surface area contributed by atoms with E-state index >= 15 is 0 Å². The minimum absolute atomic E-state index is 0.0731. The highest BCUT2D eigenvalue weighted by molar-refractivity contribution is 6.35. The van der Waals surface area contributed by atoms with E-state index in [4.69, 9.17) is 14.2 Å². The van der Waals surface area contributed by atoms with Crippen molar-refractivity contribution in [2.75, 3.05) is 21.3 Å². The second kappa shape index (κ2) is 8.93. The molecular formula is C17H23N3O6. The zero-order valence-corrected chi connectivity index (χ0v) is 15.0. The average Bonchev–Trinajstić information content (AvgIpc) is 3.47. The number of carbonyl (C=O) groups is 3. The third-order valence-corrected chi connectivity index (χ3v) is 3.80. The molecule has 0 spiro atoms. The van der Waals surface area contributed by atoms with E-state index < -0.39 is 17.7 Å². The number of carbonyl (C=O) groups excluding carboxylic acids is 3. The minimum atomic E-state index is -0.891. The molecule has 1 aliphatic rings. The molecule has 142 valence electrons. The van der Waals surface area contributed by atoms with E-state index in [2.05, 4.69) is 16.2 Å². The Hall–Kier alpha value is -2.97. The Morgan fingerprint density at radius 1 is 0.962 bits per heavy atom. The molecule has 0 atom stereocenters. The lowest BCUT2D eigenvalue weighted by atomic mass is 10.1. The molecule has 0 aromatic heterocycles. The van der Waals surface area contributed by atoms with Gasteiger partial charge in [-0.05, 0) is 37.0 Å². The number of benzene rings is 1. The third-order valence-electron chi connectivity index (χ3n) is 3.80. The first kappa shape index (κ1) is 19.4. The van der Waals surface area contributed by atoms with Gasteiger partial charge in [0.15, 0.2) is 11.5 Å². The van der Waals surface area contributed by atoms with Crippen LogP contribution in [0.15, 0.2) is 12.1 Å². The summed E-state index contributed by atoms with van der Waals surface area (Å²) >= 11 is 0. The summed E-state index contributed by atoms with van der Waals surface area (Å²) < 4.78 is 15.8. The van der Waals surface area contributed by atoms with Crippen molar-refractivity contribution in [2.24, 2.45) is 0 Å². The summed E-state index contributed by atoms with van der Waals surface area (Å²) in [5, 5.41) is 2.53. The first-order chi connectivity index (χ1) is 12.5. The van der Waals surface area contributed by atoms with Gasteiger partial charge in [0.2, 0.25) is 11.7 Å². The van der Waals surface area contributed by atoms with Crippen LogP contribution < -0.4 is 30.4 Å². The molecule has 1 fully saturated rings. The van der Waals surface area contributed by atoms with Gasteiger partial charge in [0.05, 0.1) is 21.3 Å². The number of hydrogen-bond donors (Lipinski definition) is 3. The van der Waals surface area contributed by atoms with Gasteiger partial charge in [-0.2, -0.15) is 0 Å². The van der Waals surface area contributed by atoms with Gasteiger partial charge < -0.3 is 19.5 Å². The second-order valence-corrected chi connectivity index (χ2v) is 5.78. The standard InChI is InChI=1S/C17H23N3O6/c1-24-12-8-10(9-13(25-2)15(12)26-3)4-7-14(21)19-20-17(23)16(22)18-11-5-6-11/h8-9,11H,4-7H2,1-3H3,(H,18,22)(H,19,21)(H,20,23). The number of ether oxygens (including phenoxy) is 3. The number of rotatable bonds is 7. The maximum atomic E-state index is 11.9. The Kier molecular flexibility index (Phi) is 6.65. The first-order valence-electron chi connectivity index (χ1n) is 8.17. The first-order valence-corrected chi connectivity index (χ1v) is 8.17. The third kappa shape index (κ3) is 5.27. The van der Waals surface area contributed by atoms with E-state index in [1.54, 1.807) is 12.1 Å². The molecule has 0 bridgehead atoms. The van der Waals surface area contributed by atoms with Crippen molar-refractivity contribution in [3.63, 3.8) is 0 Å². The van der Waals surface area contributed by atoms with Crippen LogP contribution in [0.5, 0.6) is 17.2 Å². The van der Waals surface area contributed by atoms with Crippen LogP contribution in [0.3, 0.4) is 0 Å². The lowest BCUT2D eigenvalue weighted by Gasteiger charge is -2.14. The molecule has 0 unspecified atom stereocenters. The topological polar surface area (TPSA) is 115 Å². The van der Waals surface area contributed by atoms with Gasteiger partial charge in [-0.15, -0.1) is 0 Å². The number of nitrogens with one attached hydrogen (secondary N) is 3. The highest BCUT2D eigenvalue weighted by Crippen LogP contribution is 2.38. The van der Waals surface area contributed by atoms with Crippen LogP contribution in [0.1, 0.15) is 24.8 Å². The predicted molar refractivity (Wildman–Crippen MR) is 91.9 cm³/mol. The molecule has 0 aliphatic heterocycles. The van der Waals surface area contributed by atoms with E-state index in [1.807, 2.05) is 0 Å². The molecule has 1 saturated carbocycles. The summed E-state index contributed by atoms with van der Waals surface area (Å²) in [5.74, 6) is -0.612. The van der Waals surface area contributed by atoms with Crippen molar-refractivity contribution < 1.29 is 28.6 Å². The van der Waals surface area contributed by atoms with Gasteiger partial charge in [0, 0.05) is 12.5 Å². The molecule has 1 aromatic rings. The molecular weight excluding hydrogens is 342 g/mol. The van der Waals surface area contributed by atoms with Crippen LogP contribution in [0.4, 0.5) is 0 Å². The largest absolute Gasteiger partial charge is 0.493 e.